The first-order valence-corrected chi connectivity index (χ1v) is 9.06. The number of rotatable bonds is 5. The number of pyridine rings is 1. The van der Waals surface area contributed by atoms with Crippen molar-refractivity contribution in [1.29, 1.82) is 0 Å². The number of fused-ring (bicyclic) bond motifs is 1. The van der Waals surface area contributed by atoms with E-state index in [-0.39, 0.29) is 5.91 Å². The van der Waals surface area contributed by atoms with E-state index in [4.69, 9.17) is 0 Å². The molecule has 6 nitrogen and oxygen atoms in total. The van der Waals surface area contributed by atoms with Crippen LogP contribution in [0.1, 0.15) is 17.4 Å². The van der Waals surface area contributed by atoms with Gasteiger partial charge in [0.2, 0.25) is 0 Å². The summed E-state index contributed by atoms with van der Waals surface area (Å²) < 4.78 is 0. The fourth-order valence-corrected chi connectivity index (χ4v) is 3.10. The summed E-state index contributed by atoms with van der Waals surface area (Å²) in [7, 11) is 0. The lowest BCUT2D eigenvalue weighted by molar-refractivity contribution is 0.102. The average molecular weight is 369 g/mol. The highest BCUT2D eigenvalue weighted by molar-refractivity contribution is 6.07. The predicted octanol–water partition coefficient (Wildman–Crippen LogP) is 4.44. The number of hydrogen-bond donors (Lipinski definition) is 1. The molecule has 0 atom stereocenters. The van der Waals surface area contributed by atoms with Crippen molar-refractivity contribution >= 4 is 34.0 Å². The maximum absolute atomic E-state index is 12.8. The fourth-order valence-electron chi connectivity index (χ4n) is 3.10. The Morgan fingerprint density at radius 3 is 2.61 bits per heavy atom. The third kappa shape index (κ3) is 3.53. The summed E-state index contributed by atoms with van der Waals surface area (Å²) in [4.78, 5) is 27.7. The van der Waals surface area contributed by atoms with E-state index < -0.39 is 0 Å². The van der Waals surface area contributed by atoms with Gasteiger partial charge >= 0.3 is 0 Å². The topological polar surface area (TPSA) is 71.0 Å². The minimum absolute atomic E-state index is 0.298. The molecule has 0 bridgehead atoms. The zero-order valence-corrected chi connectivity index (χ0v) is 15.4. The molecule has 2 heterocycles. The lowest BCUT2D eigenvalue weighted by atomic mass is 10.2. The minimum Gasteiger partial charge on any atom is -0.327 e. The molecule has 0 saturated carbocycles. The van der Waals surface area contributed by atoms with Crippen LogP contribution in [0, 0.1) is 0 Å². The number of carbonyl (C=O) groups is 1. The maximum Gasteiger partial charge on any atom is 0.274 e. The molecule has 0 aliphatic rings. The van der Waals surface area contributed by atoms with E-state index in [1.165, 1.54) is 6.33 Å². The number of amides is 1. The van der Waals surface area contributed by atoms with Gasteiger partial charge in [0.05, 0.1) is 11.2 Å². The van der Waals surface area contributed by atoms with Crippen molar-refractivity contribution in [2.75, 3.05) is 16.8 Å². The summed E-state index contributed by atoms with van der Waals surface area (Å²) in [5, 5.41) is 3.88. The van der Waals surface area contributed by atoms with Crippen LogP contribution >= 0.6 is 0 Å². The molecule has 4 rings (SSSR count). The molecule has 0 saturated heterocycles. The molecule has 2 aromatic heterocycles. The second-order valence-corrected chi connectivity index (χ2v) is 6.18. The molecule has 0 radical (unpaired) electrons. The largest absolute Gasteiger partial charge is 0.327 e. The molecule has 0 spiro atoms. The standard InChI is InChI=1S/C22H19N5O/c1-2-27(17-10-4-3-5-11-17)20-14-19(24-15-25-20)22(28)26-18-12-6-8-16-9-7-13-23-21(16)18/h3-15H,2H2,1H3,(H,26,28). The Hall–Kier alpha value is -3.80. The Balaban J connectivity index is 1.63. The normalized spacial score (nSPS) is 10.6. The Kier molecular flexibility index (Phi) is 4.93. The smallest absolute Gasteiger partial charge is 0.274 e. The summed E-state index contributed by atoms with van der Waals surface area (Å²) in [6.07, 6.45) is 3.12. The third-order valence-corrected chi connectivity index (χ3v) is 4.43. The van der Waals surface area contributed by atoms with Gasteiger partial charge in [-0.1, -0.05) is 36.4 Å². The van der Waals surface area contributed by atoms with Crippen molar-refractivity contribution in [3.8, 4) is 0 Å². The van der Waals surface area contributed by atoms with Gasteiger partial charge in [0.25, 0.3) is 5.91 Å². The first kappa shape index (κ1) is 17.6. The van der Waals surface area contributed by atoms with Crippen LogP contribution in [-0.2, 0) is 0 Å². The van der Waals surface area contributed by atoms with Crippen molar-refractivity contribution in [3.05, 3.63) is 84.9 Å². The molecule has 2 aromatic carbocycles. The first-order valence-electron chi connectivity index (χ1n) is 9.06. The number of nitrogens with one attached hydrogen (secondary N) is 1. The van der Waals surface area contributed by atoms with E-state index in [9.17, 15) is 4.79 Å². The van der Waals surface area contributed by atoms with E-state index in [1.807, 2.05) is 72.5 Å². The number of hydrogen-bond acceptors (Lipinski definition) is 5. The molecule has 0 unspecified atom stereocenters. The summed E-state index contributed by atoms with van der Waals surface area (Å²) in [5.74, 6) is 0.371. The van der Waals surface area contributed by atoms with Crippen molar-refractivity contribution in [3.63, 3.8) is 0 Å². The number of nitrogens with zero attached hydrogens (tertiary/aromatic N) is 4. The number of para-hydroxylation sites is 2. The summed E-state index contributed by atoms with van der Waals surface area (Å²) in [6.45, 7) is 2.76. The number of anilines is 3. The van der Waals surface area contributed by atoms with Crippen LogP contribution < -0.4 is 10.2 Å². The zero-order valence-electron chi connectivity index (χ0n) is 15.4. The number of benzene rings is 2. The van der Waals surface area contributed by atoms with E-state index in [1.54, 1.807) is 12.3 Å². The van der Waals surface area contributed by atoms with Gasteiger partial charge in [-0.3, -0.25) is 9.78 Å². The highest BCUT2D eigenvalue weighted by Crippen LogP contribution is 2.24. The van der Waals surface area contributed by atoms with Crippen LogP contribution in [0.3, 0.4) is 0 Å². The molecule has 0 aliphatic carbocycles. The molecule has 6 heteroatoms. The summed E-state index contributed by atoms with van der Waals surface area (Å²) >= 11 is 0. The van der Waals surface area contributed by atoms with Gasteiger partial charge in [-0.2, -0.15) is 0 Å². The van der Waals surface area contributed by atoms with Gasteiger partial charge in [0.15, 0.2) is 0 Å². The molecule has 0 aliphatic heterocycles. The minimum atomic E-state index is -0.300. The quantitative estimate of drug-likeness (QED) is 0.563. The lowest BCUT2D eigenvalue weighted by Gasteiger charge is -2.22. The highest BCUT2D eigenvalue weighted by Gasteiger charge is 2.14. The Bertz CT molecular complexity index is 1110. The molecular weight excluding hydrogens is 350 g/mol. The van der Waals surface area contributed by atoms with Crippen molar-refractivity contribution in [1.82, 2.24) is 15.0 Å². The van der Waals surface area contributed by atoms with Crippen LogP contribution in [-0.4, -0.2) is 27.4 Å². The third-order valence-electron chi connectivity index (χ3n) is 4.43. The van der Waals surface area contributed by atoms with Gasteiger partial charge < -0.3 is 10.2 Å². The average Bonchev–Trinajstić information content (AvgIpc) is 2.75. The van der Waals surface area contributed by atoms with Crippen LogP contribution in [0.15, 0.2) is 79.3 Å². The molecular formula is C22H19N5O. The van der Waals surface area contributed by atoms with Crippen LogP contribution in [0.2, 0.25) is 0 Å². The molecule has 1 N–H and O–H groups in total. The Morgan fingerprint density at radius 2 is 1.79 bits per heavy atom. The number of aromatic nitrogens is 3. The summed E-state index contributed by atoms with van der Waals surface area (Å²) in [6, 6.07) is 21.1. The van der Waals surface area contributed by atoms with Crippen molar-refractivity contribution in [2.24, 2.45) is 0 Å². The van der Waals surface area contributed by atoms with E-state index in [0.29, 0.717) is 17.2 Å². The van der Waals surface area contributed by atoms with Gasteiger partial charge in [-0.25, -0.2) is 9.97 Å². The fraction of sp³-hybridized carbons (Fsp3) is 0.0909. The lowest BCUT2D eigenvalue weighted by Crippen LogP contribution is -2.20. The van der Waals surface area contributed by atoms with E-state index in [0.717, 1.165) is 23.1 Å². The van der Waals surface area contributed by atoms with Gasteiger partial charge in [0, 0.05) is 29.9 Å². The second-order valence-electron chi connectivity index (χ2n) is 6.18. The van der Waals surface area contributed by atoms with E-state index >= 15 is 0 Å². The first-order chi connectivity index (χ1) is 13.8. The van der Waals surface area contributed by atoms with Crippen molar-refractivity contribution < 1.29 is 4.79 Å². The van der Waals surface area contributed by atoms with E-state index in [2.05, 4.69) is 20.3 Å². The maximum atomic E-state index is 12.8. The highest BCUT2D eigenvalue weighted by atomic mass is 16.1. The van der Waals surface area contributed by atoms with Crippen molar-refractivity contribution in [2.45, 2.75) is 6.92 Å². The zero-order chi connectivity index (χ0) is 19.3. The Morgan fingerprint density at radius 1 is 0.964 bits per heavy atom. The monoisotopic (exact) mass is 369 g/mol. The Labute approximate surface area is 162 Å². The summed E-state index contributed by atoms with van der Waals surface area (Å²) in [5.41, 5.74) is 2.70. The molecule has 28 heavy (non-hydrogen) atoms. The second kappa shape index (κ2) is 7.84. The SMILES string of the molecule is CCN(c1ccccc1)c1cc(C(=O)Nc2cccc3cccnc23)ncn1. The van der Waals surface area contributed by atoms with Gasteiger partial charge in [-0.05, 0) is 31.2 Å². The van der Waals surface area contributed by atoms with Crippen LogP contribution in [0.5, 0.6) is 0 Å². The van der Waals surface area contributed by atoms with Gasteiger partial charge in [0.1, 0.15) is 17.8 Å². The molecule has 1 amide bonds. The van der Waals surface area contributed by atoms with Gasteiger partial charge in [-0.15, -0.1) is 0 Å². The molecule has 4 aromatic rings. The predicted molar refractivity (Wildman–Crippen MR) is 111 cm³/mol. The van der Waals surface area contributed by atoms with Crippen LogP contribution in [0.4, 0.5) is 17.2 Å². The number of carbonyl (C=O) groups excluding carboxylic acids is 1. The van der Waals surface area contributed by atoms with Crippen LogP contribution in [0.25, 0.3) is 10.9 Å². The molecule has 138 valence electrons. The molecule has 0 fully saturated rings.